The third-order valence-corrected chi connectivity index (χ3v) is 13.9. The van der Waals surface area contributed by atoms with Gasteiger partial charge in [0.15, 0.2) is 11.4 Å². The van der Waals surface area contributed by atoms with Crippen LogP contribution in [0.1, 0.15) is 85.5 Å². The molecule has 95 heavy (non-hydrogen) atoms. The number of hydrogen-bond acceptors (Lipinski definition) is 17. The Labute approximate surface area is 652 Å². The number of carboxylic acids is 1. The number of aliphatic hydroxyl groups excluding tert-OH is 3. The number of ketones is 1. The molecule has 0 aliphatic rings. The number of aliphatic hydroxyl groups is 3. The van der Waals surface area contributed by atoms with Crippen LogP contribution in [-0.4, -0.2) is 150 Å². The van der Waals surface area contributed by atoms with Crippen molar-refractivity contribution in [1.29, 1.82) is 0 Å². The number of para-hydroxylation sites is 2. The van der Waals surface area contributed by atoms with Gasteiger partial charge in [-0.3, -0.25) is 47.7 Å². The Kier molecular flexibility index (Phi) is 46.9. The zero-order chi connectivity index (χ0) is 69.7. The smallest absolute Gasteiger partial charge is 1.00 e. The number of carboxylic acid groups (broad SMARTS) is 1. The average Bonchev–Trinajstić information content (AvgIpc) is 1.66. The minimum Gasteiger partial charge on any atom is -1.00 e. The number of Topliss-reactive ketones (excluding diaryl/α,β-unsaturated/α-hetero) is 1. The maximum Gasteiger partial charge on any atom is 1.00 e. The van der Waals surface area contributed by atoms with E-state index in [1.165, 1.54) is 38.5 Å². The number of nitrogens with zero attached hydrogens (tertiary/aromatic N) is 5. The van der Waals surface area contributed by atoms with Gasteiger partial charge in [-0.2, -0.15) is 10.2 Å². The van der Waals surface area contributed by atoms with Crippen LogP contribution in [0.4, 0.5) is 13.2 Å². The van der Waals surface area contributed by atoms with Crippen LogP contribution in [0, 0.1) is 17.5 Å². The van der Waals surface area contributed by atoms with E-state index in [-0.39, 0.29) is 244 Å². The van der Waals surface area contributed by atoms with Crippen molar-refractivity contribution in [2.24, 2.45) is 17.2 Å². The average molecular weight is 1460 g/mol. The number of benzene rings is 5. The number of carbonyl (C=O) groups is 8. The maximum atomic E-state index is 14.1. The summed E-state index contributed by atoms with van der Waals surface area (Å²) in [5.74, 6) is -5.30. The fourth-order valence-electron chi connectivity index (χ4n) is 7.92. The number of carbonyl (C=O) groups excluding carboxylic acids is 7. The van der Waals surface area contributed by atoms with E-state index in [2.05, 4.69) is 31.0 Å². The molecule has 0 bridgehead atoms. The number of aryl methyl sites for hydroxylation is 1. The van der Waals surface area contributed by atoms with Crippen LogP contribution in [0.2, 0.25) is 15.1 Å². The molecule has 7 rings (SSSR count). The summed E-state index contributed by atoms with van der Waals surface area (Å²) in [6.45, 7) is 4.62. The second kappa shape index (κ2) is 49.5. The van der Waals surface area contributed by atoms with E-state index in [4.69, 9.17) is 89.0 Å². The van der Waals surface area contributed by atoms with Crippen LogP contribution in [0.15, 0.2) is 103 Å². The van der Waals surface area contributed by atoms with Crippen LogP contribution < -0.4 is 141 Å². The minimum absolute atomic E-state index is 0. The predicted octanol–water partition coefficient (Wildman–Crippen LogP) is -0.990. The molecule has 508 valence electrons. The zero-order valence-electron chi connectivity index (χ0n) is 53.7. The number of nitrogens with one attached hydrogen (secondary N) is 3. The van der Waals surface area contributed by atoms with Crippen molar-refractivity contribution in [3.05, 3.63) is 164 Å². The molecule has 25 nitrogen and oxygen atoms in total. The minimum atomic E-state index is -1.02. The standard InChI is InChI=1S/C23H25ClFN5O4.C13H18ClFN2O2.C10H9Cl2FO.C10H9N3O3.C4H11NO.CH2O3.2K.H/c1-14(9-10-31)29(12-19(32)27-11-15-5-4-7-17(24)21(15)25)20(33)13-30-18-8-3-2-6-16(18)22(28-30)23(26)34;1-9(5-6-18)16-8-12(19)17-7-10-3-2-4-11(14)13(10)15;11-6-8(14)5-4-7-2-1-3-9(12)10(7)13;11-10(16)9-6-3-1-2-4-7(6)13(12-9)5-8(14)15;1-4(5)2-3-6;2-1-4-3;;;/h2-8,14,31H,9-13H2,1H3,(H2,26,34)(H,27,32);2-4,9,16,18H,5-8H2,1H3,(H,17,19);1-3H,4-6H2;1-4H,5H2,(H2,11,16)(H,14,15);4,6H,2-3,5H2,1H3;1,3H;;;/q;;;;;;2*+1;-1/p-1/t14-;9-;;;4-;;;;/m11..1..../s1. The molecular formula is C61H74Cl4F3K2N11O14. The van der Waals surface area contributed by atoms with Crippen molar-refractivity contribution in [3.8, 4) is 0 Å². The number of amides is 5. The van der Waals surface area contributed by atoms with Crippen LogP contribution in [0.3, 0.4) is 0 Å². The summed E-state index contributed by atoms with van der Waals surface area (Å²) in [7, 11) is 0. The Bertz CT molecular complexity index is 3590. The molecule has 0 saturated heterocycles. The molecule has 0 fully saturated rings. The zero-order valence-corrected chi connectivity index (χ0v) is 62.0. The molecule has 3 atom stereocenters. The Morgan fingerprint density at radius 3 is 1.48 bits per heavy atom. The summed E-state index contributed by atoms with van der Waals surface area (Å²) >= 11 is 22.3. The van der Waals surface area contributed by atoms with Gasteiger partial charge < -0.3 is 70.0 Å². The Morgan fingerprint density at radius 2 is 1.08 bits per heavy atom. The summed E-state index contributed by atoms with van der Waals surface area (Å²) in [6.07, 6.45) is 2.13. The summed E-state index contributed by atoms with van der Waals surface area (Å²) in [5.41, 5.74) is 18.1. The third kappa shape index (κ3) is 32.9. The van der Waals surface area contributed by atoms with Gasteiger partial charge in [0.1, 0.15) is 36.3 Å². The third-order valence-electron chi connectivity index (χ3n) is 12.7. The first-order chi connectivity index (χ1) is 44.2. The number of aliphatic carboxylic acids is 1. The van der Waals surface area contributed by atoms with E-state index in [0.717, 1.165) is 0 Å². The number of rotatable bonds is 27. The molecule has 0 radical (unpaired) electrons. The van der Waals surface area contributed by atoms with Gasteiger partial charge in [0.2, 0.25) is 17.7 Å². The van der Waals surface area contributed by atoms with Crippen LogP contribution in [-0.2, 0) is 66.3 Å². The van der Waals surface area contributed by atoms with Crippen molar-refractivity contribution in [2.75, 3.05) is 38.8 Å². The molecule has 0 spiro atoms. The number of hydrogen-bond donors (Lipinski definition) is 10. The van der Waals surface area contributed by atoms with Gasteiger partial charge in [0.05, 0.1) is 45.1 Å². The predicted molar refractivity (Wildman–Crippen MR) is 342 cm³/mol. The maximum absolute atomic E-state index is 14.1. The van der Waals surface area contributed by atoms with Crippen LogP contribution in [0.5, 0.6) is 0 Å². The molecule has 0 aliphatic carbocycles. The molecular weight excluding hydrogens is 1390 g/mol. The number of fused-ring (bicyclic) bond motifs is 2. The Hall–Kier alpha value is -5.02. The van der Waals surface area contributed by atoms with Gasteiger partial charge in [0, 0.05) is 79.4 Å². The summed E-state index contributed by atoms with van der Waals surface area (Å²) < 4.78 is 43.5. The van der Waals surface area contributed by atoms with E-state index in [1.54, 1.807) is 85.8 Å². The molecule has 7 aromatic rings. The molecule has 5 amide bonds. The van der Waals surface area contributed by atoms with Gasteiger partial charge in [-0.15, -0.1) is 11.6 Å². The van der Waals surface area contributed by atoms with Crippen molar-refractivity contribution in [2.45, 2.75) is 97.2 Å². The first kappa shape index (κ1) is 90.0. The molecule has 0 saturated carbocycles. The summed E-state index contributed by atoms with van der Waals surface area (Å²) in [5, 5.41) is 60.7. The van der Waals surface area contributed by atoms with Gasteiger partial charge in [-0.25, -0.2) is 13.2 Å². The monoisotopic (exact) mass is 1460 g/mol. The molecule has 5 aromatic carbocycles. The van der Waals surface area contributed by atoms with Gasteiger partial charge >= 0.3 is 109 Å². The normalized spacial score (nSPS) is 11.1. The van der Waals surface area contributed by atoms with Gasteiger partial charge in [0.25, 0.3) is 18.3 Å². The van der Waals surface area contributed by atoms with E-state index in [1.807, 2.05) is 13.8 Å². The number of halogens is 7. The summed E-state index contributed by atoms with van der Waals surface area (Å²) in [4.78, 5) is 94.2. The van der Waals surface area contributed by atoms with Gasteiger partial charge in [-0.1, -0.05) is 108 Å². The first-order valence-corrected chi connectivity index (χ1v) is 29.8. The molecule has 0 aliphatic heterocycles. The Morgan fingerprint density at radius 1 is 0.663 bits per heavy atom. The largest absolute Gasteiger partial charge is 1.00 e. The van der Waals surface area contributed by atoms with Crippen LogP contribution >= 0.6 is 46.4 Å². The second-order valence-corrected chi connectivity index (χ2v) is 21.4. The van der Waals surface area contributed by atoms with E-state index in [0.29, 0.717) is 52.2 Å². The fourth-order valence-corrected chi connectivity index (χ4v) is 8.63. The van der Waals surface area contributed by atoms with Crippen LogP contribution in [0.25, 0.3) is 21.8 Å². The number of nitrogens with two attached hydrogens (primary N) is 3. The second-order valence-electron chi connectivity index (χ2n) is 19.9. The SMILES string of the molecule is C[C@@H](N)CCO.C[C@H](CCO)N(CC(=O)NCc1cccc(Cl)c1F)C(=O)Cn1nc(C(N)=O)c2ccccc21.C[C@H](CCO)NCC(=O)NCc1cccc(Cl)c1F.NC(=O)c1nn(CC(=O)O)c2ccccc12.O=C(CCl)CCc1cccc(Cl)c1F.O=CO[O-].[H-].[K+].[K+]. The van der Waals surface area contributed by atoms with Crippen molar-refractivity contribution in [3.63, 3.8) is 0 Å². The van der Waals surface area contributed by atoms with E-state index in [9.17, 15) is 51.8 Å². The molecule has 13 N–H and O–H groups in total. The molecule has 2 heterocycles. The molecule has 2 aromatic heterocycles. The molecule has 34 heteroatoms. The van der Waals surface area contributed by atoms with Crippen molar-refractivity contribution in [1.82, 2.24) is 40.4 Å². The fraction of sp³-hybridized carbons (Fsp3) is 0.344. The quantitative estimate of drug-likeness (QED) is 0.00971. The van der Waals surface area contributed by atoms with E-state index < -0.39 is 53.1 Å². The van der Waals surface area contributed by atoms with Crippen molar-refractivity contribution >= 4 is 116 Å². The number of primary amides is 2. The first-order valence-electron chi connectivity index (χ1n) is 28.2. The number of alkyl halides is 1. The van der Waals surface area contributed by atoms with Gasteiger partial charge in [-0.05, 0) is 82.3 Å². The Balaban J connectivity index is 0. The van der Waals surface area contributed by atoms with Crippen molar-refractivity contribution < 1.29 is 186 Å². The molecule has 0 unspecified atom stereocenters. The topological polar surface area (TPSA) is 403 Å². The van der Waals surface area contributed by atoms with E-state index >= 15 is 0 Å². The number of aromatic nitrogens is 4. The summed E-state index contributed by atoms with van der Waals surface area (Å²) in [6, 6.07) is 27.3.